The molecule has 4 nitrogen and oxygen atoms in total. The first-order chi connectivity index (χ1) is 6.90. The molecular formula is C11H25NO3. The highest BCUT2D eigenvalue weighted by molar-refractivity contribution is 5.47. The quantitative estimate of drug-likeness (QED) is 0.523. The highest BCUT2D eigenvalue weighted by Crippen LogP contribution is 1.99. The summed E-state index contributed by atoms with van der Waals surface area (Å²) in [4.78, 5) is 12.1. The molecule has 0 aliphatic rings. The molecule has 0 radical (unpaired) electrons. The van der Waals surface area contributed by atoms with E-state index < -0.39 is 0 Å². The Morgan fingerprint density at radius 2 is 1.27 bits per heavy atom. The van der Waals surface area contributed by atoms with Crippen LogP contribution < -0.4 is 0 Å². The lowest BCUT2D eigenvalue weighted by molar-refractivity contribution is -0.121. The Morgan fingerprint density at radius 1 is 0.933 bits per heavy atom. The molecule has 0 aromatic rings. The summed E-state index contributed by atoms with van der Waals surface area (Å²) in [5, 5.41) is 0. The third-order valence-electron chi connectivity index (χ3n) is 1.98. The van der Waals surface area contributed by atoms with Crippen molar-refractivity contribution in [2.45, 2.75) is 53.0 Å². The molecule has 0 aliphatic heterocycles. The minimum Gasteiger partial charge on any atom is -0.356 e. The fraction of sp³-hybridized carbons (Fsp3) is 0.909. The van der Waals surface area contributed by atoms with Crippen LogP contribution in [0.3, 0.4) is 0 Å². The van der Waals surface area contributed by atoms with E-state index in [2.05, 4.69) is 9.47 Å². The standard InChI is InChI=1S/C7H15NO.C4H10O2/c1-6(2)8(5-9)7(3)4;1-4(5-2)6-3/h5-7H,1-4H3;4H,1-3H3. The average Bonchev–Trinajstić information content (AvgIpc) is 2.17. The van der Waals surface area contributed by atoms with Gasteiger partial charge in [-0.25, -0.2) is 0 Å². The Bertz CT molecular complexity index is 137. The number of hydrogen-bond acceptors (Lipinski definition) is 3. The summed E-state index contributed by atoms with van der Waals surface area (Å²) < 4.78 is 9.35. The Hall–Kier alpha value is -0.610. The predicted octanol–water partition coefficient (Wildman–Crippen LogP) is 1.89. The van der Waals surface area contributed by atoms with Crippen molar-refractivity contribution in [3.63, 3.8) is 0 Å². The first-order valence-corrected chi connectivity index (χ1v) is 5.18. The molecule has 0 atom stereocenters. The SMILES string of the molecule is CC(C)N(C=O)C(C)C.COC(C)OC. The molecule has 4 heteroatoms. The van der Waals surface area contributed by atoms with Crippen LogP contribution in [-0.4, -0.2) is 43.9 Å². The lowest BCUT2D eigenvalue weighted by Crippen LogP contribution is -2.35. The molecule has 0 heterocycles. The van der Waals surface area contributed by atoms with Crippen molar-refractivity contribution in [2.24, 2.45) is 0 Å². The zero-order valence-corrected chi connectivity index (χ0v) is 11.0. The van der Waals surface area contributed by atoms with Crippen LogP contribution in [0.4, 0.5) is 0 Å². The van der Waals surface area contributed by atoms with Crippen LogP contribution in [0, 0.1) is 0 Å². The molecule has 0 aromatic heterocycles. The maximum absolute atomic E-state index is 10.3. The van der Waals surface area contributed by atoms with E-state index in [9.17, 15) is 4.79 Å². The highest BCUT2D eigenvalue weighted by atomic mass is 16.7. The third kappa shape index (κ3) is 9.69. The number of rotatable bonds is 5. The second-order valence-corrected chi connectivity index (χ2v) is 3.78. The number of carbonyl (C=O) groups is 1. The molecule has 0 rings (SSSR count). The van der Waals surface area contributed by atoms with Gasteiger partial charge in [0.25, 0.3) is 0 Å². The van der Waals surface area contributed by atoms with Crippen molar-refractivity contribution in [1.82, 2.24) is 4.90 Å². The van der Waals surface area contributed by atoms with Crippen LogP contribution in [0.25, 0.3) is 0 Å². The fourth-order valence-electron chi connectivity index (χ4n) is 0.936. The lowest BCUT2D eigenvalue weighted by Gasteiger charge is -2.25. The van der Waals surface area contributed by atoms with Crippen LogP contribution in [0.1, 0.15) is 34.6 Å². The van der Waals surface area contributed by atoms with E-state index in [4.69, 9.17) is 0 Å². The van der Waals surface area contributed by atoms with Gasteiger partial charge in [-0.15, -0.1) is 0 Å². The molecule has 92 valence electrons. The average molecular weight is 219 g/mol. The van der Waals surface area contributed by atoms with Gasteiger partial charge in [0.05, 0.1) is 0 Å². The molecule has 15 heavy (non-hydrogen) atoms. The van der Waals surface area contributed by atoms with Gasteiger partial charge in [0, 0.05) is 26.3 Å². The Labute approximate surface area is 93.5 Å². The molecule has 0 aromatic carbocycles. The van der Waals surface area contributed by atoms with Gasteiger partial charge in [-0.3, -0.25) is 4.79 Å². The van der Waals surface area contributed by atoms with Gasteiger partial charge in [0.15, 0.2) is 6.29 Å². The van der Waals surface area contributed by atoms with Crippen LogP contribution in [0.2, 0.25) is 0 Å². The molecule has 1 amide bonds. The number of ether oxygens (including phenoxy) is 2. The normalized spacial score (nSPS) is 10.3. The van der Waals surface area contributed by atoms with Crippen molar-refractivity contribution in [3.8, 4) is 0 Å². The molecule has 0 bridgehead atoms. The second kappa shape index (κ2) is 9.93. The Balaban J connectivity index is 0. The highest BCUT2D eigenvalue weighted by Gasteiger charge is 2.08. The van der Waals surface area contributed by atoms with Crippen molar-refractivity contribution in [2.75, 3.05) is 14.2 Å². The summed E-state index contributed by atoms with van der Waals surface area (Å²) >= 11 is 0. The van der Waals surface area contributed by atoms with E-state index in [1.165, 1.54) is 0 Å². The fourth-order valence-corrected chi connectivity index (χ4v) is 0.936. The van der Waals surface area contributed by atoms with Crippen molar-refractivity contribution >= 4 is 6.41 Å². The number of amides is 1. The smallest absolute Gasteiger partial charge is 0.210 e. The molecule has 0 N–H and O–H groups in total. The van der Waals surface area contributed by atoms with Crippen molar-refractivity contribution in [3.05, 3.63) is 0 Å². The van der Waals surface area contributed by atoms with Crippen LogP contribution in [0.5, 0.6) is 0 Å². The van der Waals surface area contributed by atoms with E-state index in [1.807, 2.05) is 34.6 Å². The minimum atomic E-state index is -0.0648. The van der Waals surface area contributed by atoms with E-state index in [1.54, 1.807) is 19.1 Å². The first-order valence-electron chi connectivity index (χ1n) is 5.18. The number of hydrogen-bond donors (Lipinski definition) is 0. The van der Waals surface area contributed by atoms with Crippen LogP contribution in [-0.2, 0) is 14.3 Å². The molecule has 0 saturated heterocycles. The molecule has 0 unspecified atom stereocenters. The van der Waals surface area contributed by atoms with E-state index in [0.717, 1.165) is 6.41 Å². The molecular weight excluding hydrogens is 194 g/mol. The summed E-state index contributed by atoms with van der Waals surface area (Å²) in [5.41, 5.74) is 0. The maximum Gasteiger partial charge on any atom is 0.210 e. The van der Waals surface area contributed by atoms with Gasteiger partial charge in [-0.05, 0) is 34.6 Å². The summed E-state index contributed by atoms with van der Waals surface area (Å²) in [6.07, 6.45) is 0.833. The van der Waals surface area contributed by atoms with Crippen molar-refractivity contribution < 1.29 is 14.3 Å². The van der Waals surface area contributed by atoms with Gasteiger partial charge < -0.3 is 14.4 Å². The molecule has 0 spiro atoms. The van der Waals surface area contributed by atoms with Gasteiger partial charge in [0.2, 0.25) is 6.41 Å². The van der Waals surface area contributed by atoms with E-state index in [0.29, 0.717) is 12.1 Å². The van der Waals surface area contributed by atoms with Gasteiger partial charge in [-0.1, -0.05) is 0 Å². The molecule has 0 fully saturated rings. The molecule has 0 saturated carbocycles. The number of methoxy groups -OCH3 is 2. The summed E-state index contributed by atoms with van der Waals surface area (Å²) in [5.74, 6) is 0. The van der Waals surface area contributed by atoms with E-state index in [-0.39, 0.29) is 6.29 Å². The third-order valence-corrected chi connectivity index (χ3v) is 1.98. The molecule has 0 aliphatic carbocycles. The van der Waals surface area contributed by atoms with Gasteiger partial charge >= 0.3 is 0 Å². The lowest BCUT2D eigenvalue weighted by atomic mass is 10.2. The zero-order chi connectivity index (χ0) is 12.4. The van der Waals surface area contributed by atoms with Crippen molar-refractivity contribution in [1.29, 1.82) is 0 Å². The largest absolute Gasteiger partial charge is 0.356 e. The summed E-state index contributed by atoms with van der Waals surface area (Å²) in [7, 11) is 3.21. The summed E-state index contributed by atoms with van der Waals surface area (Å²) in [6, 6.07) is 0.644. The number of carbonyl (C=O) groups excluding carboxylic acids is 1. The zero-order valence-electron chi connectivity index (χ0n) is 11.0. The topological polar surface area (TPSA) is 38.8 Å². The Kier molecular flexibility index (Phi) is 11.1. The monoisotopic (exact) mass is 219 g/mol. The van der Waals surface area contributed by atoms with Gasteiger partial charge in [-0.2, -0.15) is 0 Å². The minimum absolute atomic E-state index is 0.0648. The van der Waals surface area contributed by atoms with Crippen LogP contribution in [0.15, 0.2) is 0 Å². The maximum atomic E-state index is 10.3. The Morgan fingerprint density at radius 3 is 1.27 bits per heavy atom. The second-order valence-electron chi connectivity index (χ2n) is 3.78. The predicted molar refractivity (Wildman–Crippen MR) is 61.7 cm³/mol. The van der Waals surface area contributed by atoms with Gasteiger partial charge in [0.1, 0.15) is 0 Å². The first kappa shape index (κ1) is 16.8. The van der Waals surface area contributed by atoms with Crippen LogP contribution >= 0.6 is 0 Å². The van der Waals surface area contributed by atoms with E-state index >= 15 is 0 Å². The number of nitrogens with zero attached hydrogens (tertiary/aromatic N) is 1. The summed E-state index contributed by atoms with van der Waals surface area (Å²) in [6.45, 7) is 9.87.